The summed E-state index contributed by atoms with van der Waals surface area (Å²) < 4.78 is 0. The van der Waals surface area contributed by atoms with Gasteiger partial charge in [0, 0.05) is 24.9 Å². The largest absolute Gasteiger partial charge is 0.481 e. The predicted molar refractivity (Wildman–Crippen MR) is 64.1 cm³/mol. The topological polar surface area (TPSA) is 117 Å². The fraction of sp³-hybridized carbons (Fsp3) is 0.444. The molecule has 0 aliphatic carbocycles. The number of carboxylic acids is 1. The van der Waals surface area contributed by atoms with Gasteiger partial charge in [-0.25, -0.2) is 9.78 Å². The van der Waals surface area contributed by atoms with Gasteiger partial charge >= 0.3 is 12.0 Å². The third-order valence-electron chi connectivity index (χ3n) is 1.85. The second-order valence-corrected chi connectivity index (χ2v) is 4.11. The Hall–Kier alpha value is -1.83. The lowest BCUT2D eigenvalue weighted by Crippen LogP contribution is -2.33. The zero-order valence-electron chi connectivity index (χ0n) is 9.10. The minimum atomic E-state index is -0.835. The molecule has 0 aliphatic heterocycles. The van der Waals surface area contributed by atoms with Gasteiger partial charge in [0.15, 0.2) is 5.13 Å². The van der Waals surface area contributed by atoms with Crippen molar-refractivity contribution in [2.45, 2.75) is 12.8 Å². The number of anilines is 1. The summed E-state index contributed by atoms with van der Waals surface area (Å²) in [5.41, 5.74) is 5.65. The number of aromatic nitrogens is 1. The van der Waals surface area contributed by atoms with Crippen LogP contribution in [0.4, 0.5) is 9.93 Å². The number of aliphatic carboxylic acids is 1. The number of carbonyl (C=O) groups excluding carboxylic acids is 1. The first-order valence-electron chi connectivity index (χ1n) is 5.01. The van der Waals surface area contributed by atoms with E-state index in [-0.39, 0.29) is 6.42 Å². The smallest absolute Gasteiger partial charge is 0.312 e. The van der Waals surface area contributed by atoms with Gasteiger partial charge in [0.05, 0.1) is 12.1 Å². The fourth-order valence-corrected chi connectivity index (χ4v) is 1.87. The van der Waals surface area contributed by atoms with Crippen molar-refractivity contribution >= 4 is 28.5 Å². The standard InChI is InChI=1S/C9H14N4O3S/c10-8(16)11-3-4-12-9-13-6(5-17-9)1-2-7(14)15/h5H,1-4H2,(H,12,13)(H,14,15)(H3,10,11,16). The van der Waals surface area contributed by atoms with Crippen molar-refractivity contribution in [3.63, 3.8) is 0 Å². The van der Waals surface area contributed by atoms with Gasteiger partial charge in [0.25, 0.3) is 0 Å². The number of urea groups is 1. The van der Waals surface area contributed by atoms with Crippen molar-refractivity contribution in [1.29, 1.82) is 0 Å². The zero-order valence-corrected chi connectivity index (χ0v) is 9.92. The van der Waals surface area contributed by atoms with Crippen LogP contribution in [0.5, 0.6) is 0 Å². The van der Waals surface area contributed by atoms with Crippen LogP contribution in [0.25, 0.3) is 0 Å². The lowest BCUT2D eigenvalue weighted by molar-refractivity contribution is -0.136. The summed E-state index contributed by atoms with van der Waals surface area (Å²) in [5, 5.41) is 16.5. The number of nitrogens with two attached hydrogens (primary N) is 1. The maximum Gasteiger partial charge on any atom is 0.312 e. The Kier molecular flexibility index (Phi) is 5.21. The van der Waals surface area contributed by atoms with Crippen LogP contribution in [-0.2, 0) is 11.2 Å². The van der Waals surface area contributed by atoms with Crippen molar-refractivity contribution in [3.05, 3.63) is 11.1 Å². The van der Waals surface area contributed by atoms with E-state index in [4.69, 9.17) is 10.8 Å². The Balaban J connectivity index is 2.25. The SMILES string of the molecule is NC(=O)NCCNc1nc(CCC(=O)O)cs1. The zero-order chi connectivity index (χ0) is 12.7. The first-order chi connectivity index (χ1) is 8.08. The van der Waals surface area contributed by atoms with Crippen LogP contribution in [0.15, 0.2) is 5.38 Å². The van der Waals surface area contributed by atoms with E-state index in [2.05, 4.69) is 15.6 Å². The summed E-state index contributed by atoms with van der Waals surface area (Å²) in [5.74, 6) is -0.835. The molecule has 0 saturated carbocycles. The summed E-state index contributed by atoms with van der Waals surface area (Å²) in [6.07, 6.45) is 0.499. The number of aryl methyl sites for hydroxylation is 1. The van der Waals surface area contributed by atoms with Crippen molar-refractivity contribution in [3.8, 4) is 0 Å². The quantitative estimate of drug-likeness (QED) is 0.523. The molecular formula is C9H14N4O3S. The monoisotopic (exact) mass is 258 g/mol. The summed E-state index contributed by atoms with van der Waals surface area (Å²) in [6.45, 7) is 0.939. The molecule has 1 rings (SSSR count). The van der Waals surface area contributed by atoms with Gasteiger partial charge in [-0.2, -0.15) is 0 Å². The Labute approximate surface area is 102 Å². The molecule has 5 N–H and O–H groups in total. The predicted octanol–water partition coefficient (Wildman–Crippen LogP) is 0.240. The maximum atomic E-state index is 10.4. The van der Waals surface area contributed by atoms with E-state index < -0.39 is 12.0 Å². The summed E-state index contributed by atoms with van der Waals surface area (Å²) in [7, 11) is 0. The molecule has 94 valence electrons. The van der Waals surface area contributed by atoms with Crippen LogP contribution in [0.3, 0.4) is 0 Å². The van der Waals surface area contributed by atoms with Crippen LogP contribution >= 0.6 is 11.3 Å². The lowest BCUT2D eigenvalue weighted by atomic mass is 10.2. The van der Waals surface area contributed by atoms with Gasteiger partial charge in [-0.1, -0.05) is 0 Å². The van der Waals surface area contributed by atoms with E-state index in [0.717, 1.165) is 5.69 Å². The van der Waals surface area contributed by atoms with Crippen molar-refractivity contribution in [1.82, 2.24) is 10.3 Å². The van der Waals surface area contributed by atoms with E-state index >= 15 is 0 Å². The number of nitrogens with zero attached hydrogens (tertiary/aromatic N) is 1. The van der Waals surface area contributed by atoms with E-state index in [1.165, 1.54) is 11.3 Å². The minimum absolute atomic E-state index is 0.0758. The molecule has 8 heteroatoms. The second-order valence-electron chi connectivity index (χ2n) is 3.26. The molecule has 0 saturated heterocycles. The summed E-state index contributed by atoms with van der Waals surface area (Å²) in [6, 6.07) is -0.562. The average Bonchev–Trinajstić information content (AvgIpc) is 2.69. The fourth-order valence-electron chi connectivity index (χ4n) is 1.09. The average molecular weight is 258 g/mol. The molecule has 2 amide bonds. The first-order valence-corrected chi connectivity index (χ1v) is 5.89. The molecule has 1 heterocycles. The van der Waals surface area contributed by atoms with Crippen LogP contribution in [0.1, 0.15) is 12.1 Å². The third kappa shape index (κ3) is 5.71. The highest BCUT2D eigenvalue weighted by molar-refractivity contribution is 7.13. The number of thiazole rings is 1. The van der Waals surface area contributed by atoms with Gasteiger partial charge in [0.1, 0.15) is 0 Å². The molecule has 0 bridgehead atoms. The normalized spacial score (nSPS) is 9.88. The Bertz CT molecular complexity index is 393. The summed E-state index contributed by atoms with van der Waals surface area (Å²) >= 11 is 1.40. The van der Waals surface area contributed by atoms with Crippen molar-refractivity contribution in [2.24, 2.45) is 5.73 Å². The number of primary amides is 1. The number of nitrogens with one attached hydrogen (secondary N) is 2. The highest BCUT2D eigenvalue weighted by atomic mass is 32.1. The summed E-state index contributed by atoms with van der Waals surface area (Å²) in [4.78, 5) is 24.9. The van der Waals surface area contributed by atoms with Gasteiger partial charge < -0.3 is 21.5 Å². The molecule has 0 unspecified atom stereocenters. The molecule has 17 heavy (non-hydrogen) atoms. The highest BCUT2D eigenvalue weighted by Crippen LogP contribution is 2.15. The Morgan fingerprint density at radius 3 is 2.88 bits per heavy atom. The molecule has 0 atom stereocenters. The highest BCUT2D eigenvalue weighted by Gasteiger charge is 2.04. The van der Waals surface area contributed by atoms with Gasteiger partial charge in [-0.15, -0.1) is 11.3 Å². The Morgan fingerprint density at radius 2 is 2.24 bits per heavy atom. The van der Waals surface area contributed by atoms with E-state index in [1.54, 1.807) is 0 Å². The van der Waals surface area contributed by atoms with Crippen LogP contribution < -0.4 is 16.4 Å². The maximum absolute atomic E-state index is 10.4. The van der Waals surface area contributed by atoms with Gasteiger partial charge in [-0.3, -0.25) is 4.79 Å². The number of hydrogen-bond donors (Lipinski definition) is 4. The van der Waals surface area contributed by atoms with E-state index in [9.17, 15) is 9.59 Å². The second kappa shape index (κ2) is 6.69. The van der Waals surface area contributed by atoms with Crippen LogP contribution in [0, 0.1) is 0 Å². The third-order valence-corrected chi connectivity index (χ3v) is 2.70. The molecule has 1 aromatic rings. The van der Waals surface area contributed by atoms with E-state index in [0.29, 0.717) is 24.6 Å². The molecule has 0 aliphatic rings. The molecule has 7 nitrogen and oxygen atoms in total. The molecule has 0 radical (unpaired) electrons. The molecule has 0 aromatic carbocycles. The van der Waals surface area contributed by atoms with Gasteiger partial charge in [-0.05, 0) is 0 Å². The molecule has 0 spiro atoms. The van der Waals surface area contributed by atoms with Gasteiger partial charge in [0.2, 0.25) is 0 Å². The molecule has 0 fully saturated rings. The number of carbonyl (C=O) groups is 2. The number of amides is 2. The van der Waals surface area contributed by atoms with Crippen LogP contribution in [0.2, 0.25) is 0 Å². The van der Waals surface area contributed by atoms with Crippen molar-refractivity contribution < 1.29 is 14.7 Å². The number of rotatable bonds is 7. The minimum Gasteiger partial charge on any atom is -0.481 e. The Morgan fingerprint density at radius 1 is 1.47 bits per heavy atom. The number of hydrogen-bond acceptors (Lipinski definition) is 5. The van der Waals surface area contributed by atoms with E-state index in [1.807, 2.05) is 5.38 Å². The number of carboxylic acid groups (broad SMARTS) is 1. The molecular weight excluding hydrogens is 244 g/mol. The van der Waals surface area contributed by atoms with Crippen LogP contribution in [-0.4, -0.2) is 35.2 Å². The molecule has 1 aromatic heterocycles. The first kappa shape index (κ1) is 13.2. The van der Waals surface area contributed by atoms with Crippen molar-refractivity contribution in [2.75, 3.05) is 18.4 Å². The lowest BCUT2D eigenvalue weighted by Gasteiger charge is -2.02.